The molecule has 0 aliphatic carbocycles. The average molecular weight is 745 g/mol. The SMILES string of the molecule is CC1(C)c2ccccc2N2c3c(cc(-c4ccc(N(c5ccc(-c6ccccc6)cc5)c5ccc(-c6ccccc6)cc5)cc4)cc31)Oc1ccc3ccccc3c12. The van der Waals surface area contributed by atoms with Crippen LogP contribution >= 0.6 is 0 Å². The fourth-order valence-electron chi connectivity index (χ4n) is 9.04. The molecule has 9 aromatic carbocycles. The minimum Gasteiger partial charge on any atom is -0.453 e. The van der Waals surface area contributed by atoms with Gasteiger partial charge in [0, 0.05) is 27.9 Å². The van der Waals surface area contributed by atoms with Gasteiger partial charge in [-0.1, -0.05) is 159 Å². The van der Waals surface area contributed by atoms with E-state index in [-0.39, 0.29) is 5.41 Å². The highest BCUT2D eigenvalue weighted by atomic mass is 16.5. The largest absolute Gasteiger partial charge is 0.453 e. The van der Waals surface area contributed by atoms with Gasteiger partial charge in [-0.2, -0.15) is 0 Å². The van der Waals surface area contributed by atoms with Crippen LogP contribution in [0.25, 0.3) is 44.2 Å². The van der Waals surface area contributed by atoms with Crippen LogP contribution in [0.2, 0.25) is 0 Å². The summed E-state index contributed by atoms with van der Waals surface area (Å²) >= 11 is 0. The van der Waals surface area contributed by atoms with Crippen molar-refractivity contribution in [2.75, 3.05) is 9.80 Å². The van der Waals surface area contributed by atoms with Gasteiger partial charge in [-0.15, -0.1) is 0 Å². The Morgan fingerprint density at radius 3 is 1.50 bits per heavy atom. The second kappa shape index (κ2) is 13.4. The van der Waals surface area contributed by atoms with Crippen LogP contribution in [-0.4, -0.2) is 0 Å². The van der Waals surface area contributed by atoms with Crippen molar-refractivity contribution >= 4 is 44.9 Å². The molecule has 11 rings (SSSR count). The minimum atomic E-state index is -0.257. The van der Waals surface area contributed by atoms with Crippen LogP contribution in [0, 0.1) is 0 Å². The van der Waals surface area contributed by atoms with Gasteiger partial charge in [-0.3, -0.25) is 0 Å². The van der Waals surface area contributed by atoms with Gasteiger partial charge in [0.2, 0.25) is 0 Å². The number of nitrogens with zero attached hydrogens (tertiary/aromatic N) is 2. The second-order valence-electron chi connectivity index (χ2n) is 15.8. The first-order valence-corrected chi connectivity index (χ1v) is 20.0. The summed E-state index contributed by atoms with van der Waals surface area (Å²) in [4.78, 5) is 4.79. The van der Waals surface area contributed by atoms with Gasteiger partial charge in [-0.05, 0) is 111 Å². The second-order valence-corrected chi connectivity index (χ2v) is 15.8. The first-order valence-electron chi connectivity index (χ1n) is 20.0. The molecule has 0 bridgehead atoms. The van der Waals surface area contributed by atoms with E-state index in [1.807, 2.05) is 0 Å². The zero-order valence-electron chi connectivity index (χ0n) is 32.4. The van der Waals surface area contributed by atoms with Gasteiger partial charge in [-0.25, -0.2) is 0 Å². The lowest BCUT2D eigenvalue weighted by atomic mass is 9.72. The van der Waals surface area contributed by atoms with Gasteiger partial charge in [0.15, 0.2) is 11.5 Å². The Bertz CT molecular complexity index is 2890. The maximum Gasteiger partial charge on any atom is 0.152 e. The molecular formula is C55H40N2O. The van der Waals surface area contributed by atoms with Crippen molar-refractivity contribution in [3.05, 3.63) is 217 Å². The maximum absolute atomic E-state index is 6.91. The lowest BCUT2D eigenvalue weighted by Crippen LogP contribution is -2.32. The predicted molar refractivity (Wildman–Crippen MR) is 242 cm³/mol. The molecule has 0 fully saturated rings. The summed E-state index contributed by atoms with van der Waals surface area (Å²) in [5, 5.41) is 2.38. The first kappa shape index (κ1) is 33.9. The highest BCUT2D eigenvalue weighted by molar-refractivity contribution is 6.06. The van der Waals surface area contributed by atoms with Crippen LogP contribution in [0.15, 0.2) is 206 Å². The number of hydrogen-bond donors (Lipinski definition) is 0. The Kier molecular flexibility index (Phi) is 7.84. The van der Waals surface area contributed by atoms with Crippen LogP contribution in [-0.2, 0) is 5.41 Å². The Balaban J connectivity index is 1.01. The quantitative estimate of drug-likeness (QED) is 0.169. The number of rotatable bonds is 6. The molecule has 2 heterocycles. The van der Waals surface area contributed by atoms with Crippen molar-refractivity contribution < 1.29 is 4.74 Å². The fraction of sp³-hybridized carbons (Fsp3) is 0.0545. The van der Waals surface area contributed by atoms with E-state index in [1.165, 1.54) is 49.8 Å². The van der Waals surface area contributed by atoms with Crippen LogP contribution in [0.1, 0.15) is 25.0 Å². The van der Waals surface area contributed by atoms with Gasteiger partial charge in [0.1, 0.15) is 0 Å². The lowest BCUT2D eigenvalue weighted by molar-refractivity contribution is 0.472. The maximum atomic E-state index is 6.91. The van der Waals surface area contributed by atoms with Crippen molar-refractivity contribution in [2.45, 2.75) is 19.3 Å². The Hall–Kier alpha value is -7.36. The molecule has 0 amide bonds. The number of hydrogen-bond acceptors (Lipinski definition) is 3. The molecule has 3 heteroatoms. The molecule has 9 aromatic rings. The molecule has 0 atom stereocenters. The van der Waals surface area contributed by atoms with E-state index in [0.29, 0.717) is 0 Å². The summed E-state index contributed by atoms with van der Waals surface area (Å²) < 4.78 is 6.91. The molecule has 3 nitrogen and oxygen atoms in total. The highest BCUT2D eigenvalue weighted by Gasteiger charge is 2.42. The van der Waals surface area contributed by atoms with Crippen molar-refractivity contribution in [1.29, 1.82) is 0 Å². The molecule has 0 spiro atoms. The van der Waals surface area contributed by atoms with Crippen molar-refractivity contribution in [3.63, 3.8) is 0 Å². The van der Waals surface area contributed by atoms with E-state index in [1.54, 1.807) is 0 Å². The van der Waals surface area contributed by atoms with E-state index in [0.717, 1.165) is 51.1 Å². The molecule has 2 aliphatic rings. The summed E-state index contributed by atoms with van der Waals surface area (Å²) in [6.45, 7) is 4.68. The van der Waals surface area contributed by atoms with Crippen LogP contribution in [0.3, 0.4) is 0 Å². The topological polar surface area (TPSA) is 15.7 Å². The Morgan fingerprint density at radius 1 is 0.397 bits per heavy atom. The van der Waals surface area contributed by atoms with E-state index in [9.17, 15) is 0 Å². The number of benzene rings is 9. The standard InChI is InChI=1S/C55H40N2O/c1-55(2)48-19-11-12-20-50(48)57-53-47-18-10-9-17-42(47)27-34-51(53)58-52-36-43(35-49(55)54(52)57)41-25-32-46(33-26-41)56(44-28-21-39(22-29-44)37-13-5-3-6-14-37)45-30-23-40(24-31-45)38-15-7-4-8-16-38/h3-36H,1-2H3. The van der Waals surface area contributed by atoms with E-state index >= 15 is 0 Å². The van der Waals surface area contributed by atoms with Gasteiger partial charge in [0.25, 0.3) is 0 Å². The number of ether oxygens (including phenoxy) is 1. The highest BCUT2D eigenvalue weighted by Crippen LogP contribution is 2.61. The Labute approximate surface area is 339 Å². The summed E-state index contributed by atoms with van der Waals surface area (Å²) in [5.74, 6) is 1.74. The monoisotopic (exact) mass is 744 g/mol. The number of para-hydroxylation sites is 1. The third-order valence-corrected chi connectivity index (χ3v) is 12.0. The summed E-state index contributed by atoms with van der Waals surface area (Å²) in [5.41, 5.74) is 16.0. The molecule has 0 saturated carbocycles. The summed E-state index contributed by atoms with van der Waals surface area (Å²) in [7, 11) is 0. The third kappa shape index (κ3) is 5.50. The first-order chi connectivity index (χ1) is 28.5. The van der Waals surface area contributed by atoms with Crippen molar-refractivity contribution in [3.8, 4) is 44.9 Å². The summed E-state index contributed by atoms with van der Waals surface area (Å²) in [6, 6.07) is 74.2. The fourth-order valence-corrected chi connectivity index (χ4v) is 9.04. The molecule has 276 valence electrons. The normalized spacial score (nSPS) is 13.2. The van der Waals surface area contributed by atoms with Crippen molar-refractivity contribution in [1.82, 2.24) is 0 Å². The minimum absolute atomic E-state index is 0.257. The van der Waals surface area contributed by atoms with Crippen LogP contribution in [0.4, 0.5) is 34.1 Å². The van der Waals surface area contributed by atoms with Crippen LogP contribution in [0.5, 0.6) is 11.5 Å². The molecule has 2 aliphatic heterocycles. The molecule has 0 radical (unpaired) electrons. The smallest absolute Gasteiger partial charge is 0.152 e. The number of anilines is 6. The Morgan fingerprint density at radius 2 is 0.897 bits per heavy atom. The molecule has 0 unspecified atom stereocenters. The van der Waals surface area contributed by atoms with Crippen molar-refractivity contribution in [2.24, 2.45) is 0 Å². The summed E-state index contributed by atoms with van der Waals surface area (Å²) in [6.07, 6.45) is 0. The average Bonchev–Trinajstić information content (AvgIpc) is 3.29. The molecule has 0 saturated heterocycles. The van der Waals surface area contributed by atoms with E-state index in [2.05, 4.69) is 230 Å². The van der Waals surface area contributed by atoms with Crippen LogP contribution < -0.4 is 14.5 Å². The zero-order valence-corrected chi connectivity index (χ0v) is 32.4. The predicted octanol–water partition coefficient (Wildman–Crippen LogP) is 15.5. The van der Waals surface area contributed by atoms with E-state index < -0.39 is 0 Å². The molecule has 0 N–H and O–H groups in total. The van der Waals surface area contributed by atoms with Gasteiger partial charge in [0.05, 0.1) is 17.1 Å². The van der Waals surface area contributed by atoms with Gasteiger partial charge < -0.3 is 14.5 Å². The zero-order chi connectivity index (χ0) is 38.8. The molecular weight excluding hydrogens is 705 g/mol. The van der Waals surface area contributed by atoms with Gasteiger partial charge >= 0.3 is 0 Å². The lowest BCUT2D eigenvalue weighted by Gasteiger charge is -2.45. The third-order valence-electron chi connectivity index (χ3n) is 12.0. The van der Waals surface area contributed by atoms with E-state index in [4.69, 9.17) is 4.74 Å². The number of fused-ring (bicyclic) bond motifs is 6. The molecule has 58 heavy (non-hydrogen) atoms. The molecule has 0 aromatic heterocycles.